The second-order valence-electron chi connectivity index (χ2n) is 6.57. The smallest absolute Gasteiger partial charge is 0.237 e. The molecule has 0 bridgehead atoms. The zero-order valence-electron chi connectivity index (χ0n) is 14.8. The van der Waals surface area contributed by atoms with Crippen LogP contribution in [0.4, 0.5) is 0 Å². The molecule has 4 atom stereocenters. The van der Waals surface area contributed by atoms with Gasteiger partial charge in [-0.05, 0) is 38.6 Å². The Morgan fingerprint density at radius 2 is 1.91 bits per heavy atom. The molecule has 2 N–H and O–H groups in total. The molecule has 0 unspecified atom stereocenters. The third-order valence-corrected chi connectivity index (χ3v) is 5.09. The quantitative estimate of drug-likeness (QED) is 0.753. The first-order valence-corrected chi connectivity index (χ1v) is 8.71. The van der Waals surface area contributed by atoms with E-state index in [-0.39, 0.29) is 30.4 Å². The molecule has 5 heteroatoms. The fraction of sp³-hybridized carbons (Fsp3) is 0.882. The molecular weight excluding hydrogens is 278 g/mol. The minimum atomic E-state index is -0.281. The van der Waals surface area contributed by atoms with Crippen LogP contribution in [0, 0.1) is 11.8 Å². The average Bonchev–Trinajstić information content (AvgIpc) is 2.49. The first-order valence-electron chi connectivity index (χ1n) is 8.71. The lowest BCUT2D eigenvalue weighted by Gasteiger charge is -2.36. The van der Waals surface area contributed by atoms with Crippen molar-refractivity contribution in [2.24, 2.45) is 11.8 Å². The molecular formula is C17H33N3O2. The van der Waals surface area contributed by atoms with Gasteiger partial charge in [0.05, 0.1) is 12.6 Å². The van der Waals surface area contributed by atoms with Crippen molar-refractivity contribution in [1.82, 2.24) is 15.5 Å². The minimum Gasteiger partial charge on any atom is -0.355 e. The molecule has 0 aliphatic heterocycles. The molecule has 5 nitrogen and oxygen atoms in total. The van der Waals surface area contributed by atoms with E-state index in [4.69, 9.17) is 0 Å². The number of hydrogen-bond acceptors (Lipinski definition) is 3. The largest absolute Gasteiger partial charge is 0.355 e. The maximum atomic E-state index is 12.5. The summed E-state index contributed by atoms with van der Waals surface area (Å²) in [4.78, 5) is 26.2. The van der Waals surface area contributed by atoms with E-state index in [1.54, 1.807) is 0 Å². The lowest BCUT2D eigenvalue weighted by atomic mass is 9.78. The molecule has 1 saturated carbocycles. The molecule has 1 aliphatic carbocycles. The van der Waals surface area contributed by atoms with E-state index in [9.17, 15) is 9.59 Å². The summed E-state index contributed by atoms with van der Waals surface area (Å²) < 4.78 is 0. The van der Waals surface area contributed by atoms with Crippen molar-refractivity contribution in [1.29, 1.82) is 0 Å². The Bertz CT molecular complexity index is 373. The van der Waals surface area contributed by atoms with Crippen LogP contribution in [0.5, 0.6) is 0 Å². The van der Waals surface area contributed by atoms with E-state index in [1.165, 1.54) is 12.8 Å². The standard InChI is InChI=1S/C17H33N3O2/c1-6-18-16(21)11-20(7-2)14(5)17(22)19-15-10-8-9-12(3)13(15)4/h12-15H,6-11H2,1-5H3,(H,18,21)(H,19,22)/t12-,13-,14-,15+/m0/s1. The van der Waals surface area contributed by atoms with Gasteiger partial charge in [-0.25, -0.2) is 0 Å². The van der Waals surface area contributed by atoms with Crippen LogP contribution in [0.2, 0.25) is 0 Å². The highest BCUT2D eigenvalue weighted by Gasteiger charge is 2.30. The van der Waals surface area contributed by atoms with Crippen LogP contribution in [0.3, 0.4) is 0 Å². The van der Waals surface area contributed by atoms with Crippen LogP contribution in [-0.4, -0.2) is 48.4 Å². The summed E-state index contributed by atoms with van der Waals surface area (Å²) >= 11 is 0. The van der Waals surface area contributed by atoms with E-state index in [0.717, 1.165) is 6.42 Å². The molecule has 0 aromatic heterocycles. The summed E-state index contributed by atoms with van der Waals surface area (Å²) in [6.45, 7) is 11.8. The maximum absolute atomic E-state index is 12.5. The molecule has 0 heterocycles. The fourth-order valence-corrected chi connectivity index (χ4v) is 3.21. The summed E-state index contributed by atoms with van der Waals surface area (Å²) in [5.41, 5.74) is 0. The molecule has 0 saturated heterocycles. The van der Waals surface area contributed by atoms with Gasteiger partial charge in [-0.1, -0.05) is 33.6 Å². The Kier molecular flexibility index (Phi) is 7.87. The molecule has 1 rings (SSSR count). The molecule has 0 spiro atoms. The van der Waals surface area contributed by atoms with Gasteiger partial charge in [-0.2, -0.15) is 0 Å². The summed E-state index contributed by atoms with van der Waals surface area (Å²) in [7, 11) is 0. The Hall–Kier alpha value is -1.10. The van der Waals surface area contributed by atoms with Crippen LogP contribution in [0.15, 0.2) is 0 Å². The Balaban J connectivity index is 2.56. The van der Waals surface area contributed by atoms with Gasteiger partial charge in [0.25, 0.3) is 0 Å². The molecule has 0 aromatic carbocycles. The summed E-state index contributed by atoms with van der Waals surface area (Å²) in [6.07, 6.45) is 3.50. The highest BCUT2D eigenvalue weighted by Crippen LogP contribution is 2.29. The number of likely N-dealkylation sites (N-methyl/N-ethyl adjacent to an activating group) is 2. The topological polar surface area (TPSA) is 61.4 Å². The second kappa shape index (κ2) is 9.13. The van der Waals surface area contributed by atoms with Crippen molar-refractivity contribution in [2.45, 2.75) is 66.0 Å². The van der Waals surface area contributed by atoms with Crippen molar-refractivity contribution < 1.29 is 9.59 Å². The zero-order valence-corrected chi connectivity index (χ0v) is 14.8. The van der Waals surface area contributed by atoms with E-state index >= 15 is 0 Å². The summed E-state index contributed by atoms with van der Waals surface area (Å²) in [5, 5.41) is 5.99. The van der Waals surface area contributed by atoms with Gasteiger partial charge in [0.2, 0.25) is 11.8 Å². The third-order valence-electron chi connectivity index (χ3n) is 5.09. The maximum Gasteiger partial charge on any atom is 0.237 e. The van der Waals surface area contributed by atoms with Gasteiger partial charge < -0.3 is 10.6 Å². The molecule has 0 aromatic rings. The fourth-order valence-electron chi connectivity index (χ4n) is 3.21. The zero-order chi connectivity index (χ0) is 16.7. The predicted octanol–water partition coefficient (Wildman–Crippen LogP) is 1.77. The van der Waals surface area contributed by atoms with E-state index in [2.05, 4.69) is 24.5 Å². The Labute approximate surface area is 135 Å². The normalized spacial score (nSPS) is 26.5. The second-order valence-corrected chi connectivity index (χ2v) is 6.57. The number of amides is 2. The number of hydrogen-bond donors (Lipinski definition) is 2. The molecule has 2 amide bonds. The number of nitrogens with zero attached hydrogens (tertiary/aromatic N) is 1. The van der Waals surface area contributed by atoms with Gasteiger partial charge in [-0.3, -0.25) is 14.5 Å². The van der Waals surface area contributed by atoms with E-state index in [1.807, 2.05) is 25.7 Å². The minimum absolute atomic E-state index is 0.0244. The molecule has 1 aliphatic rings. The van der Waals surface area contributed by atoms with Gasteiger partial charge in [0, 0.05) is 12.6 Å². The highest BCUT2D eigenvalue weighted by atomic mass is 16.2. The van der Waals surface area contributed by atoms with Crippen LogP contribution in [0.25, 0.3) is 0 Å². The van der Waals surface area contributed by atoms with Crippen molar-refractivity contribution >= 4 is 11.8 Å². The van der Waals surface area contributed by atoms with Gasteiger partial charge in [-0.15, -0.1) is 0 Å². The van der Waals surface area contributed by atoms with E-state index < -0.39 is 0 Å². The predicted molar refractivity (Wildman–Crippen MR) is 89.5 cm³/mol. The molecule has 128 valence electrons. The lowest BCUT2D eigenvalue weighted by molar-refractivity contribution is -0.129. The van der Waals surface area contributed by atoms with Gasteiger partial charge in [0.15, 0.2) is 0 Å². The van der Waals surface area contributed by atoms with Crippen molar-refractivity contribution in [3.8, 4) is 0 Å². The average molecular weight is 311 g/mol. The van der Waals surface area contributed by atoms with Crippen molar-refractivity contribution in [3.05, 3.63) is 0 Å². The van der Waals surface area contributed by atoms with Crippen LogP contribution in [0.1, 0.15) is 53.9 Å². The highest BCUT2D eigenvalue weighted by molar-refractivity contribution is 5.83. The van der Waals surface area contributed by atoms with Crippen molar-refractivity contribution in [2.75, 3.05) is 19.6 Å². The van der Waals surface area contributed by atoms with Crippen LogP contribution >= 0.6 is 0 Å². The monoisotopic (exact) mass is 311 g/mol. The van der Waals surface area contributed by atoms with Crippen LogP contribution in [-0.2, 0) is 9.59 Å². The van der Waals surface area contributed by atoms with Crippen molar-refractivity contribution in [3.63, 3.8) is 0 Å². The summed E-state index contributed by atoms with van der Waals surface area (Å²) in [5.74, 6) is 1.19. The van der Waals surface area contributed by atoms with Gasteiger partial charge in [0.1, 0.15) is 0 Å². The molecule has 1 fully saturated rings. The number of carbonyl (C=O) groups is 2. The molecule has 22 heavy (non-hydrogen) atoms. The summed E-state index contributed by atoms with van der Waals surface area (Å²) in [6, 6.07) is -0.0149. The van der Waals surface area contributed by atoms with E-state index in [0.29, 0.717) is 24.9 Å². The first kappa shape index (κ1) is 18.9. The first-order chi connectivity index (χ1) is 10.4. The van der Waals surface area contributed by atoms with Crippen LogP contribution < -0.4 is 10.6 Å². The third kappa shape index (κ3) is 5.27. The Morgan fingerprint density at radius 1 is 1.23 bits per heavy atom. The molecule has 0 radical (unpaired) electrons. The Morgan fingerprint density at radius 3 is 2.50 bits per heavy atom. The number of nitrogens with one attached hydrogen (secondary N) is 2. The number of rotatable bonds is 7. The lowest BCUT2D eigenvalue weighted by Crippen LogP contribution is -2.53. The number of carbonyl (C=O) groups excluding carboxylic acids is 2. The van der Waals surface area contributed by atoms with Gasteiger partial charge >= 0.3 is 0 Å². The SMILES string of the molecule is CCNC(=O)CN(CC)[C@@H](C)C(=O)N[C@@H]1CCC[C@H](C)[C@@H]1C.